The molecule has 3 aliphatic heterocycles. The van der Waals surface area contributed by atoms with E-state index in [4.69, 9.17) is 27.8 Å². The Morgan fingerprint density at radius 3 is 2.06 bits per heavy atom. The molecule has 262 valence electrons. The number of nitrogens with zero attached hydrogens (tertiary/aromatic N) is 1. The predicted molar refractivity (Wildman–Crippen MR) is 182 cm³/mol. The molecule has 1 aliphatic carbocycles. The zero-order valence-electron chi connectivity index (χ0n) is 27.7. The third-order valence-electron chi connectivity index (χ3n) is 8.39. The molecule has 50 heavy (non-hydrogen) atoms. The number of aromatic hydroxyl groups is 2. The molecule has 0 radical (unpaired) electrons. The lowest BCUT2D eigenvalue weighted by atomic mass is 9.97. The molecular formula is C37H38NO12+. The van der Waals surface area contributed by atoms with E-state index in [9.17, 15) is 30.6 Å². The second kappa shape index (κ2) is 14.3. The molecule has 0 spiro atoms. The Labute approximate surface area is 286 Å². The molecule has 5 atom stereocenters. The maximum Gasteiger partial charge on any atom is 0.229 e. The van der Waals surface area contributed by atoms with Crippen molar-refractivity contribution < 1.29 is 63.0 Å². The predicted octanol–water partition coefficient (Wildman–Crippen LogP) is 2.79. The first-order valence-electron chi connectivity index (χ1n) is 15.6. The van der Waals surface area contributed by atoms with Crippen LogP contribution in [0.25, 0.3) is 39.7 Å². The van der Waals surface area contributed by atoms with Crippen LogP contribution in [-0.2, 0) is 4.74 Å². The zero-order valence-corrected chi connectivity index (χ0v) is 27.7. The molecule has 13 nitrogen and oxygen atoms in total. The van der Waals surface area contributed by atoms with Gasteiger partial charge in [0.2, 0.25) is 12.0 Å². The normalized spacial score (nSPS) is 22.6. The molecular weight excluding hydrogens is 650 g/mol. The first-order chi connectivity index (χ1) is 24.0. The third kappa shape index (κ3) is 6.64. The van der Waals surface area contributed by atoms with Crippen LogP contribution in [0, 0.1) is 0 Å². The number of hydrogen-bond acceptors (Lipinski definition) is 12. The molecule has 0 amide bonds. The second-order valence-corrected chi connectivity index (χ2v) is 11.9. The number of methoxy groups -OCH3 is 2. The fraction of sp³-hybridized carbons (Fsp3) is 0.270. The van der Waals surface area contributed by atoms with Gasteiger partial charge in [-0.3, -0.25) is 0 Å². The number of ether oxygens (including phenoxy) is 4. The van der Waals surface area contributed by atoms with Crippen LogP contribution >= 0.6 is 0 Å². The van der Waals surface area contributed by atoms with Gasteiger partial charge in [0.25, 0.3) is 0 Å². The molecule has 3 heterocycles. The molecule has 0 unspecified atom stereocenters. The molecule has 2 aromatic carbocycles. The summed E-state index contributed by atoms with van der Waals surface area (Å²) in [5.41, 5.74) is 3.90. The third-order valence-corrected chi connectivity index (χ3v) is 8.39. The van der Waals surface area contributed by atoms with E-state index in [0.29, 0.717) is 22.1 Å². The summed E-state index contributed by atoms with van der Waals surface area (Å²) in [5.74, 6) is -0.300. The van der Waals surface area contributed by atoms with Crippen LogP contribution in [0.15, 0.2) is 87.3 Å². The minimum absolute atomic E-state index is 0.00529. The van der Waals surface area contributed by atoms with Gasteiger partial charge < -0.3 is 58.4 Å². The van der Waals surface area contributed by atoms with Crippen LogP contribution in [0.4, 0.5) is 0 Å². The Bertz CT molecular complexity index is 2050. The van der Waals surface area contributed by atoms with Gasteiger partial charge in [0.1, 0.15) is 60.8 Å². The van der Waals surface area contributed by atoms with E-state index < -0.39 is 37.3 Å². The molecule has 1 saturated heterocycles. The average Bonchev–Trinajstić information content (AvgIpc) is 3.11. The largest absolute Gasteiger partial charge is 0.508 e. The molecule has 0 bridgehead atoms. The Hall–Kier alpha value is -5.31. The summed E-state index contributed by atoms with van der Waals surface area (Å²) in [6.45, 7) is -0.668. The summed E-state index contributed by atoms with van der Waals surface area (Å²) < 4.78 is 37.2. The number of hydrogen-bond donors (Lipinski definition) is 6. The van der Waals surface area contributed by atoms with Crippen molar-refractivity contribution in [3.63, 3.8) is 0 Å². The highest BCUT2D eigenvalue weighted by Crippen LogP contribution is 2.49. The van der Waals surface area contributed by atoms with Crippen molar-refractivity contribution in [3.8, 4) is 51.2 Å². The van der Waals surface area contributed by atoms with Crippen LogP contribution in [-0.4, -0.2) is 107 Å². The van der Waals surface area contributed by atoms with Gasteiger partial charge >= 0.3 is 0 Å². The van der Waals surface area contributed by atoms with Crippen molar-refractivity contribution in [2.24, 2.45) is 0 Å². The van der Waals surface area contributed by atoms with Gasteiger partial charge in [0.15, 0.2) is 28.7 Å². The highest BCUT2D eigenvalue weighted by Gasteiger charge is 2.45. The summed E-state index contributed by atoms with van der Waals surface area (Å²) in [6.07, 6.45) is 7.36. The topological polar surface area (TPSA) is 188 Å². The quantitative estimate of drug-likeness (QED) is 0.149. The van der Waals surface area contributed by atoms with Gasteiger partial charge in [-0.05, 0) is 42.0 Å². The van der Waals surface area contributed by atoms with E-state index in [2.05, 4.69) is 0 Å². The van der Waals surface area contributed by atoms with Crippen LogP contribution < -0.4 is 19.6 Å². The van der Waals surface area contributed by atoms with Crippen LogP contribution in [0.2, 0.25) is 0 Å². The molecule has 2 aromatic rings. The number of phenolic OH excluding ortho intramolecular Hbond substituents is 2. The van der Waals surface area contributed by atoms with Crippen molar-refractivity contribution in [3.05, 3.63) is 83.9 Å². The summed E-state index contributed by atoms with van der Waals surface area (Å²) in [5, 5.41) is 62.9. The Kier molecular flexibility index (Phi) is 9.86. The van der Waals surface area contributed by atoms with E-state index in [1.165, 1.54) is 38.5 Å². The number of benzene rings is 2. The molecule has 1 fully saturated rings. The summed E-state index contributed by atoms with van der Waals surface area (Å²) in [6, 6.07) is 7.41. The van der Waals surface area contributed by atoms with E-state index >= 15 is 0 Å². The van der Waals surface area contributed by atoms with Crippen molar-refractivity contribution in [1.29, 1.82) is 0 Å². The van der Waals surface area contributed by atoms with Crippen LogP contribution in [0.3, 0.4) is 0 Å². The maximum absolute atomic E-state index is 10.9. The monoisotopic (exact) mass is 688 g/mol. The molecule has 6 N–H and O–H groups in total. The highest BCUT2D eigenvalue weighted by molar-refractivity contribution is 6.02. The summed E-state index contributed by atoms with van der Waals surface area (Å²) in [4.78, 5) is 0. The minimum atomic E-state index is -1.74. The number of rotatable bonds is 8. The van der Waals surface area contributed by atoms with E-state index in [1.807, 2.05) is 55.1 Å². The Morgan fingerprint density at radius 1 is 0.800 bits per heavy atom. The van der Waals surface area contributed by atoms with E-state index in [0.717, 1.165) is 11.3 Å². The van der Waals surface area contributed by atoms with Crippen molar-refractivity contribution in [2.75, 3.05) is 34.9 Å². The van der Waals surface area contributed by atoms with Gasteiger partial charge in [0.05, 0.1) is 26.4 Å². The lowest BCUT2D eigenvalue weighted by molar-refractivity contribution is -0.462. The molecule has 0 saturated carbocycles. The minimum Gasteiger partial charge on any atom is -0.508 e. The van der Waals surface area contributed by atoms with E-state index in [1.54, 1.807) is 18.2 Å². The number of allylic oxidation sites excluding steroid dienone is 8. The SMILES string of the molecule is COc1cc(-c2oc3cc(O)cc4oc(=CC=CC=C5C=CC(=[N+](C)C)C=C5)cc(c2O[C@@H]2O[C@H](CO)[C@@H](O)[C@H](O)[C@H]2O)-c34)cc(OC)c1O. The van der Waals surface area contributed by atoms with Gasteiger partial charge in [-0.25, -0.2) is 4.58 Å². The Balaban J connectivity index is 1.55. The first kappa shape index (κ1) is 34.5. The maximum atomic E-state index is 10.9. The van der Waals surface area contributed by atoms with Crippen LogP contribution in [0.5, 0.6) is 28.7 Å². The molecule has 13 heteroatoms. The summed E-state index contributed by atoms with van der Waals surface area (Å²) in [7, 11) is 6.67. The highest BCUT2D eigenvalue weighted by atomic mass is 16.7. The smallest absolute Gasteiger partial charge is 0.229 e. The van der Waals surface area contributed by atoms with Gasteiger partial charge in [-0.2, -0.15) is 0 Å². The lowest BCUT2D eigenvalue weighted by Gasteiger charge is -2.40. The lowest BCUT2D eigenvalue weighted by Crippen LogP contribution is -2.60. The number of aliphatic hydroxyl groups is 4. The standard InChI is InChI=1S/C37H37NO12/c1-38(2)21-11-9-19(10-12-21)7-5-6-8-23-17-24-30-25(47-23)15-22(40)16-26(30)48-35(20-13-27(45-3)31(41)28(14-20)46-4)36(24)50-37-34(44)33(43)32(42)29(18-39)49-37/h5-17,29,32-34,37,39,42-44H,18H2,1-4H3,(H,40,41)/p+1/t29-,32-,33+,34-,37+/m1/s1. The Morgan fingerprint density at radius 2 is 1.44 bits per heavy atom. The molecule has 0 aromatic heterocycles. The average molecular weight is 689 g/mol. The van der Waals surface area contributed by atoms with Gasteiger partial charge in [0, 0.05) is 35.4 Å². The zero-order chi connectivity index (χ0) is 35.7. The van der Waals surface area contributed by atoms with Crippen molar-refractivity contribution >= 4 is 23.0 Å². The van der Waals surface area contributed by atoms with E-state index in [-0.39, 0.29) is 45.7 Å². The van der Waals surface area contributed by atoms with Crippen molar-refractivity contribution in [2.45, 2.75) is 30.7 Å². The number of aliphatic hydroxyl groups excluding tert-OH is 4. The number of phenols is 2. The summed E-state index contributed by atoms with van der Waals surface area (Å²) >= 11 is 0. The molecule has 6 rings (SSSR count). The van der Waals surface area contributed by atoms with Crippen molar-refractivity contribution in [1.82, 2.24) is 0 Å². The van der Waals surface area contributed by atoms with Crippen LogP contribution in [0.1, 0.15) is 0 Å². The second-order valence-electron chi connectivity index (χ2n) is 11.9. The van der Waals surface area contributed by atoms with Gasteiger partial charge in [-0.1, -0.05) is 18.2 Å². The first-order valence-corrected chi connectivity index (χ1v) is 15.6. The van der Waals surface area contributed by atoms with Gasteiger partial charge in [-0.15, -0.1) is 0 Å². The molecule has 4 aliphatic rings. The fourth-order valence-electron chi connectivity index (χ4n) is 5.73. The fourth-order valence-corrected chi connectivity index (χ4v) is 5.73.